The summed E-state index contributed by atoms with van der Waals surface area (Å²) in [5.74, 6) is 2.06. The van der Waals surface area contributed by atoms with Crippen molar-refractivity contribution in [3.05, 3.63) is 0 Å². The maximum Gasteiger partial charge on any atom is 0.240 e. The van der Waals surface area contributed by atoms with Crippen LogP contribution in [-0.4, -0.2) is 91.6 Å². The van der Waals surface area contributed by atoms with E-state index in [1.54, 1.807) is 11.8 Å². The molecule has 0 spiro atoms. The molecule has 5 nitrogen and oxygen atoms in total. The van der Waals surface area contributed by atoms with E-state index in [1.807, 2.05) is 11.9 Å². The lowest BCUT2D eigenvalue weighted by molar-refractivity contribution is -0.131. The van der Waals surface area contributed by atoms with Gasteiger partial charge in [0.05, 0.1) is 6.04 Å². The van der Waals surface area contributed by atoms with Gasteiger partial charge in [-0.25, -0.2) is 0 Å². The number of likely N-dealkylation sites (N-methyl/N-ethyl adjacent to an activating group) is 2. The molecule has 2 fully saturated rings. The van der Waals surface area contributed by atoms with Gasteiger partial charge in [-0.1, -0.05) is 0 Å². The first-order valence-electron chi connectivity index (χ1n) is 7.53. The van der Waals surface area contributed by atoms with Gasteiger partial charge in [0.25, 0.3) is 0 Å². The van der Waals surface area contributed by atoms with Crippen LogP contribution in [0.4, 0.5) is 0 Å². The molecule has 0 aromatic carbocycles. The zero-order valence-electron chi connectivity index (χ0n) is 13.0. The van der Waals surface area contributed by atoms with Crippen molar-refractivity contribution in [1.29, 1.82) is 0 Å². The lowest BCUT2D eigenvalue weighted by Gasteiger charge is -2.36. The number of carbonyl (C=O) groups excluding carboxylic acids is 1. The van der Waals surface area contributed by atoms with Gasteiger partial charge in [0.2, 0.25) is 5.91 Å². The fourth-order valence-electron chi connectivity index (χ4n) is 2.86. The highest BCUT2D eigenvalue weighted by molar-refractivity contribution is 7.99. The van der Waals surface area contributed by atoms with E-state index in [2.05, 4.69) is 29.2 Å². The van der Waals surface area contributed by atoms with Gasteiger partial charge in [0.1, 0.15) is 0 Å². The van der Waals surface area contributed by atoms with Crippen LogP contribution in [0.1, 0.15) is 12.8 Å². The molecule has 1 atom stereocenters. The highest BCUT2D eigenvalue weighted by atomic mass is 32.2. The van der Waals surface area contributed by atoms with Gasteiger partial charge >= 0.3 is 0 Å². The fourth-order valence-corrected chi connectivity index (χ4v) is 3.79. The molecular formula is C14H28N4OS. The zero-order valence-corrected chi connectivity index (χ0v) is 13.8. The van der Waals surface area contributed by atoms with Crippen molar-refractivity contribution in [3.8, 4) is 0 Å². The number of hydrogen-bond donors (Lipinski definition) is 1. The molecule has 1 amide bonds. The SMILES string of the molecule is CN1CCC(N(C)CCN(C)C(=O)C2CSCN2)CC1. The lowest BCUT2D eigenvalue weighted by Crippen LogP contribution is -2.47. The van der Waals surface area contributed by atoms with E-state index in [9.17, 15) is 4.79 Å². The van der Waals surface area contributed by atoms with Crippen LogP contribution >= 0.6 is 11.8 Å². The van der Waals surface area contributed by atoms with Crippen LogP contribution in [0.3, 0.4) is 0 Å². The lowest BCUT2D eigenvalue weighted by atomic mass is 10.0. The molecule has 0 aliphatic carbocycles. The van der Waals surface area contributed by atoms with Crippen LogP contribution in [0.2, 0.25) is 0 Å². The van der Waals surface area contributed by atoms with Crippen molar-refractivity contribution >= 4 is 17.7 Å². The van der Waals surface area contributed by atoms with Gasteiger partial charge in [0, 0.05) is 37.8 Å². The van der Waals surface area contributed by atoms with E-state index in [0.29, 0.717) is 6.04 Å². The van der Waals surface area contributed by atoms with Gasteiger partial charge in [-0.05, 0) is 40.0 Å². The van der Waals surface area contributed by atoms with Gasteiger partial charge in [-0.3, -0.25) is 10.1 Å². The summed E-state index contributed by atoms with van der Waals surface area (Å²) < 4.78 is 0. The van der Waals surface area contributed by atoms with Gasteiger partial charge in [-0.15, -0.1) is 11.8 Å². The van der Waals surface area contributed by atoms with Crippen LogP contribution < -0.4 is 5.32 Å². The smallest absolute Gasteiger partial charge is 0.240 e. The molecule has 0 radical (unpaired) electrons. The fraction of sp³-hybridized carbons (Fsp3) is 0.929. The van der Waals surface area contributed by atoms with Crippen LogP contribution in [-0.2, 0) is 4.79 Å². The topological polar surface area (TPSA) is 38.8 Å². The summed E-state index contributed by atoms with van der Waals surface area (Å²) in [5, 5.41) is 3.25. The van der Waals surface area contributed by atoms with Gasteiger partial charge < -0.3 is 14.7 Å². The van der Waals surface area contributed by atoms with Crippen molar-refractivity contribution in [1.82, 2.24) is 20.0 Å². The summed E-state index contributed by atoms with van der Waals surface area (Å²) in [6, 6.07) is 0.702. The average Bonchev–Trinajstić information content (AvgIpc) is 2.98. The Hall–Kier alpha value is -0.300. The number of amides is 1. The summed E-state index contributed by atoms with van der Waals surface area (Å²) in [4.78, 5) is 18.9. The molecule has 2 aliphatic heterocycles. The zero-order chi connectivity index (χ0) is 14.5. The normalized spacial score (nSPS) is 25.3. The number of hydrogen-bond acceptors (Lipinski definition) is 5. The number of carbonyl (C=O) groups is 1. The van der Waals surface area contributed by atoms with Crippen molar-refractivity contribution in [2.24, 2.45) is 0 Å². The maximum atomic E-state index is 12.2. The second-order valence-electron chi connectivity index (χ2n) is 6.05. The second-order valence-corrected chi connectivity index (χ2v) is 7.08. The van der Waals surface area contributed by atoms with Crippen LogP contribution in [0.15, 0.2) is 0 Å². The second kappa shape index (κ2) is 7.64. The van der Waals surface area contributed by atoms with Crippen molar-refractivity contribution in [3.63, 3.8) is 0 Å². The molecule has 2 heterocycles. The molecule has 1 unspecified atom stereocenters. The minimum absolute atomic E-state index is 0.0265. The standard InChI is InChI=1S/C14H28N4OS/c1-16-6-4-12(5-7-16)17(2)8-9-18(3)14(19)13-10-20-11-15-13/h12-13,15H,4-11H2,1-3H3. The number of rotatable bonds is 5. The van der Waals surface area contributed by atoms with E-state index >= 15 is 0 Å². The predicted molar refractivity (Wildman–Crippen MR) is 85.0 cm³/mol. The van der Waals surface area contributed by atoms with E-state index in [4.69, 9.17) is 0 Å². The Kier molecular flexibility index (Phi) is 6.14. The molecule has 0 bridgehead atoms. The molecular weight excluding hydrogens is 272 g/mol. The first-order valence-corrected chi connectivity index (χ1v) is 8.68. The molecule has 1 N–H and O–H groups in total. The summed E-state index contributed by atoms with van der Waals surface area (Å²) in [6.07, 6.45) is 2.48. The molecule has 2 aliphatic rings. The summed E-state index contributed by atoms with van der Waals surface area (Å²) in [7, 11) is 6.31. The first-order chi connectivity index (χ1) is 9.58. The largest absolute Gasteiger partial charge is 0.343 e. The number of piperidine rings is 1. The van der Waals surface area contributed by atoms with Crippen molar-refractivity contribution < 1.29 is 4.79 Å². The molecule has 0 aromatic heterocycles. The number of likely N-dealkylation sites (tertiary alicyclic amines) is 1. The Balaban J connectivity index is 1.69. The molecule has 116 valence electrons. The summed E-state index contributed by atoms with van der Waals surface area (Å²) >= 11 is 1.80. The van der Waals surface area contributed by atoms with Crippen LogP contribution in [0.5, 0.6) is 0 Å². The quantitative estimate of drug-likeness (QED) is 0.782. The Morgan fingerprint density at radius 2 is 2.00 bits per heavy atom. The third-order valence-electron chi connectivity index (χ3n) is 4.49. The van der Waals surface area contributed by atoms with Crippen LogP contribution in [0, 0.1) is 0 Å². The number of thioether (sulfide) groups is 1. The number of nitrogens with one attached hydrogen (secondary N) is 1. The molecule has 0 aromatic rings. The van der Waals surface area contributed by atoms with Gasteiger partial charge in [-0.2, -0.15) is 0 Å². The predicted octanol–water partition coefficient (Wildman–Crippen LogP) is 0.133. The van der Waals surface area contributed by atoms with Crippen molar-refractivity contribution in [2.75, 3.05) is 59.0 Å². The van der Waals surface area contributed by atoms with E-state index < -0.39 is 0 Å². The molecule has 2 saturated heterocycles. The Labute approximate surface area is 127 Å². The Morgan fingerprint density at radius 1 is 1.30 bits per heavy atom. The van der Waals surface area contributed by atoms with Crippen LogP contribution in [0.25, 0.3) is 0 Å². The summed E-state index contributed by atoms with van der Waals surface area (Å²) in [5.41, 5.74) is 0. The third-order valence-corrected chi connectivity index (χ3v) is 5.43. The number of nitrogens with zero attached hydrogens (tertiary/aromatic N) is 3. The Bertz CT molecular complexity index is 314. The third kappa shape index (κ3) is 4.35. The van der Waals surface area contributed by atoms with E-state index in [0.717, 1.165) is 24.7 Å². The van der Waals surface area contributed by atoms with E-state index in [-0.39, 0.29) is 11.9 Å². The van der Waals surface area contributed by atoms with Gasteiger partial charge in [0.15, 0.2) is 0 Å². The molecule has 0 saturated carbocycles. The van der Waals surface area contributed by atoms with E-state index in [1.165, 1.54) is 25.9 Å². The average molecular weight is 300 g/mol. The maximum absolute atomic E-state index is 12.2. The molecule has 2 rings (SSSR count). The highest BCUT2D eigenvalue weighted by Gasteiger charge is 2.26. The molecule has 6 heteroatoms. The monoisotopic (exact) mass is 300 g/mol. The summed E-state index contributed by atoms with van der Waals surface area (Å²) in [6.45, 7) is 4.17. The minimum Gasteiger partial charge on any atom is -0.343 e. The first kappa shape index (κ1) is 16.1. The van der Waals surface area contributed by atoms with Crippen molar-refractivity contribution in [2.45, 2.75) is 24.9 Å². The minimum atomic E-state index is 0.0265. The highest BCUT2D eigenvalue weighted by Crippen LogP contribution is 2.14. The Morgan fingerprint density at radius 3 is 2.60 bits per heavy atom. The molecule has 20 heavy (non-hydrogen) atoms.